The lowest BCUT2D eigenvalue weighted by molar-refractivity contribution is -0.119. The Bertz CT molecular complexity index is 1260. The maximum Gasteiger partial charge on any atom is 0.240 e. The van der Waals surface area contributed by atoms with E-state index in [0.29, 0.717) is 39.7 Å². The summed E-state index contributed by atoms with van der Waals surface area (Å²) in [5.41, 5.74) is 3.50. The number of fused-ring (bicyclic) bond motifs is 2. The second-order valence-electron chi connectivity index (χ2n) is 7.75. The van der Waals surface area contributed by atoms with Crippen LogP contribution in [0.5, 0.6) is 11.5 Å². The minimum atomic E-state index is -0.150. The zero-order valence-corrected chi connectivity index (χ0v) is 19.3. The highest BCUT2D eigenvalue weighted by Gasteiger charge is 2.30. The van der Waals surface area contributed by atoms with Gasteiger partial charge in [-0.2, -0.15) is 0 Å². The van der Waals surface area contributed by atoms with E-state index in [1.54, 1.807) is 17.2 Å². The summed E-state index contributed by atoms with van der Waals surface area (Å²) in [5.74, 6) is 2.58. The molecule has 3 heterocycles. The molecule has 1 aromatic heterocycles. The van der Waals surface area contributed by atoms with Crippen molar-refractivity contribution in [3.05, 3.63) is 76.7 Å². The monoisotopic (exact) mass is 482 g/mol. The second-order valence-corrected chi connectivity index (χ2v) is 8.62. The van der Waals surface area contributed by atoms with E-state index < -0.39 is 0 Å². The summed E-state index contributed by atoms with van der Waals surface area (Å²) in [6.07, 6.45) is 1.74. The first-order valence-electron chi connectivity index (χ1n) is 10.2. The maximum atomic E-state index is 12.7. The Labute approximate surface area is 201 Å². The molecule has 2 aromatic carbocycles. The Kier molecular flexibility index (Phi) is 5.52. The van der Waals surface area contributed by atoms with Crippen LogP contribution in [-0.2, 0) is 11.3 Å². The molecule has 1 amide bonds. The van der Waals surface area contributed by atoms with Crippen molar-refractivity contribution in [1.29, 1.82) is 0 Å². The molecule has 0 fully saturated rings. The lowest BCUT2D eigenvalue weighted by atomic mass is 10.1. The molecule has 7 nitrogen and oxygen atoms in total. The molecule has 0 bridgehead atoms. The summed E-state index contributed by atoms with van der Waals surface area (Å²) in [4.78, 5) is 21.0. The molecule has 168 valence electrons. The molecule has 0 aliphatic carbocycles. The molecule has 0 saturated heterocycles. The van der Waals surface area contributed by atoms with E-state index in [4.69, 9.17) is 32.7 Å². The van der Waals surface area contributed by atoms with Gasteiger partial charge in [-0.25, -0.2) is 4.98 Å². The van der Waals surface area contributed by atoms with Crippen LogP contribution in [0.3, 0.4) is 0 Å². The number of aromatic nitrogens is 1. The zero-order valence-electron chi connectivity index (χ0n) is 17.8. The third-order valence-electron chi connectivity index (χ3n) is 5.59. The van der Waals surface area contributed by atoms with Crippen molar-refractivity contribution in [2.75, 3.05) is 30.2 Å². The summed E-state index contributed by atoms with van der Waals surface area (Å²) in [6, 6.07) is 12.9. The number of ether oxygens (including phenoxy) is 2. The molecule has 0 atom stereocenters. The average molecular weight is 483 g/mol. The Morgan fingerprint density at radius 1 is 1.09 bits per heavy atom. The van der Waals surface area contributed by atoms with Gasteiger partial charge in [0.1, 0.15) is 12.4 Å². The number of amides is 1. The van der Waals surface area contributed by atoms with E-state index in [2.05, 4.69) is 16.9 Å². The van der Waals surface area contributed by atoms with E-state index >= 15 is 0 Å². The minimum absolute atomic E-state index is 0.0933. The van der Waals surface area contributed by atoms with Gasteiger partial charge in [0.2, 0.25) is 12.7 Å². The molecular formula is C24H20Cl2N4O3. The summed E-state index contributed by atoms with van der Waals surface area (Å²) in [5, 5.41) is 4.04. The standard InChI is InChI=1S/C24H20Cl2N4O3/c1-14-29(2)20-8-17(16-6-18(25)9-19(26)7-16)11-28-24(20)30(14)12-23(31)27-10-15-3-4-21-22(5-15)33-13-32-21/h3-9,11H,1,10,12-13H2,2H3,(H,27,31). The van der Waals surface area contributed by atoms with Crippen molar-refractivity contribution >= 4 is 40.6 Å². The topological polar surface area (TPSA) is 66.9 Å². The third-order valence-corrected chi connectivity index (χ3v) is 6.02. The summed E-state index contributed by atoms with van der Waals surface area (Å²) in [6.45, 7) is 4.82. The number of benzene rings is 2. The third kappa shape index (κ3) is 4.17. The van der Waals surface area contributed by atoms with Crippen molar-refractivity contribution in [1.82, 2.24) is 10.3 Å². The fourth-order valence-corrected chi connectivity index (χ4v) is 4.36. The van der Waals surface area contributed by atoms with Crippen LogP contribution in [0, 0.1) is 0 Å². The van der Waals surface area contributed by atoms with Crippen molar-refractivity contribution in [2.45, 2.75) is 6.54 Å². The molecule has 0 saturated carbocycles. The van der Waals surface area contributed by atoms with Gasteiger partial charge in [-0.3, -0.25) is 4.79 Å². The van der Waals surface area contributed by atoms with Gasteiger partial charge in [0, 0.05) is 35.4 Å². The highest BCUT2D eigenvalue weighted by atomic mass is 35.5. The average Bonchev–Trinajstić information content (AvgIpc) is 3.35. The van der Waals surface area contributed by atoms with E-state index in [1.807, 2.05) is 48.3 Å². The van der Waals surface area contributed by atoms with Crippen LogP contribution in [-0.4, -0.2) is 31.3 Å². The van der Waals surface area contributed by atoms with Gasteiger partial charge in [0.05, 0.1) is 5.69 Å². The van der Waals surface area contributed by atoms with Gasteiger partial charge in [-0.05, 0) is 47.5 Å². The predicted octanol–water partition coefficient (Wildman–Crippen LogP) is 4.83. The summed E-state index contributed by atoms with van der Waals surface area (Å²) >= 11 is 12.3. The lowest BCUT2D eigenvalue weighted by Crippen LogP contribution is -2.37. The molecule has 0 unspecified atom stereocenters. The lowest BCUT2D eigenvalue weighted by Gasteiger charge is -2.20. The maximum absolute atomic E-state index is 12.7. The van der Waals surface area contributed by atoms with Gasteiger partial charge in [0.25, 0.3) is 0 Å². The Balaban J connectivity index is 1.30. The number of halogens is 2. The van der Waals surface area contributed by atoms with Gasteiger partial charge in [0.15, 0.2) is 17.3 Å². The molecule has 1 N–H and O–H groups in total. The number of rotatable bonds is 5. The first-order chi connectivity index (χ1) is 15.9. The van der Waals surface area contributed by atoms with Crippen LogP contribution >= 0.6 is 23.2 Å². The number of hydrogen-bond donors (Lipinski definition) is 1. The van der Waals surface area contributed by atoms with Crippen LogP contribution in [0.1, 0.15) is 5.56 Å². The van der Waals surface area contributed by atoms with Crippen LogP contribution in [0.15, 0.2) is 61.1 Å². The summed E-state index contributed by atoms with van der Waals surface area (Å²) in [7, 11) is 1.89. The zero-order chi connectivity index (χ0) is 23.1. The van der Waals surface area contributed by atoms with Gasteiger partial charge < -0.3 is 24.6 Å². The van der Waals surface area contributed by atoms with Crippen molar-refractivity contribution in [2.24, 2.45) is 0 Å². The smallest absolute Gasteiger partial charge is 0.240 e. The molecular weight excluding hydrogens is 463 g/mol. The Hall–Kier alpha value is -3.42. The first-order valence-corrected chi connectivity index (χ1v) is 11.0. The molecule has 3 aromatic rings. The molecule has 2 aliphatic heterocycles. The number of carbonyl (C=O) groups is 1. The number of anilines is 2. The van der Waals surface area contributed by atoms with E-state index in [-0.39, 0.29) is 19.2 Å². The second kappa shape index (κ2) is 8.50. The summed E-state index contributed by atoms with van der Waals surface area (Å²) < 4.78 is 10.7. The molecule has 5 rings (SSSR count). The normalized spacial score (nSPS) is 14.0. The number of nitrogens with zero attached hydrogens (tertiary/aromatic N) is 3. The van der Waals surface area contributed by atoms with Gasteiger partial charge in [-0.15, -0.1) is 0 Å². The van der Waals surface area contributed by atoms with Gasteiger partial charge >= 0.3 is 0 Å². The largest absolute Gasteiger partial charge is 0.454 e. The number of pyridine rings is 1. The van der Waals surface area contributed by atoms with Crippen molar-refractivity contribution in [3.8, 4) is 22.6 Å². The molecule has 33 heavy (non-hydrogen) atoms. The molecule has 0 radical (unpaired) electrons. The number of nitrogens with one attached hydrogen (secondary N) is 1. The number of hydrogen-bond acceptors (Lipinski definition) is 6. The Morgan fingerprint density at radius 2 is 1.85 bits per heavy atom. The van der Waals surface area contributed by atoms with Crippen LogP contribution in [0.2, 0.25) is 10.0 Å². The fourth-order valence-electron chi connectivity index (χ4n) is 3.84. The van der Waals surface area contributed by atoms with Crippen molar-refractivity contribution < 1.29 is 14.3 Å². The number of carbonyl (C=O) groups excluding carboxylic acids is 1. The van der Waals surface area contributed by atoms with Crippen LogP contribution < -0.4 is 24.6 Å². The highest BCUT2D eigenvalue weighted by molar-refractivity contribution is 6.35. The van der Waals surface area contributed by atoms with Gasteiger partial charge in [-0.1, -0.05) is 35.8 Å². The molecule has 0 spiro atoms. The highest BCUT2D eigenvalue weighted by Crippen LogP contribution is 2.41. The predicted molar refractivity (Wildman–Crippen MR) is 129 cm³/mol. The molecule has 9 heteroatoms. The molecule has 2 aliphatic rings. The van der Waals surface area contributed by atoms with Crippen LogP contribution in [0.25, 0.3) is 11.1 Å². The minimum Gasteiger partial charge on any atom is -0.454 e. The van der Waals surface area contributed by atoms with E-state index in [9.17, 15) is 4.79 Å². The SMILES string of the molecule is C=C1N(C)c2cc(-c3cc(Cl)cc(Cl)c3)cnc2N1CC(=O)NCc1ccc2c(c1)OCO2. The van der Waals surface area contributed by atoms with E-state index in [0.717, 1.165) is 22.4 Å². The van der Waals surface area contributed by atoms with Crippen molar-refractivity contribution in [3.63, 3.8) is 0 Å². The quantitative estimate of drug-likeness (QED) is 0.561. The first kappa shape index (κ1) is 21.4. The van der Waals surface area contributed by atoms with Crippen LogP contribution in [0.4, 0.5) is 11.5 Å². The van der Waals surface area contributed by atoms with E-state index in [1.165, 1.54) is 0 Å². The fraction of sp³-hybridized carbons (Fsp3) is 0.167. The Morgan fingerprint density at radius 3 is 2.64 bits per heavy atom.